The molecule has 0 unspecified atom stereocenters. The number of nitrogens with zero attached hydrogens (tertiary/aromatic N) is 3. The van der Waals surface area contributed by atoms with Gasteiger partial charge in [-0.25, -0.2) is 4.79 Å². The van der Waals surface area contributed by atoms with Crippen molar-refractivity contribution in [3.8, 4) is 0 Å². The van der Waals surface area contributed by atoms with Crippen LogP contribution in [0, 0.1) is 26.1 Å². The second-order valence-corrected chi connectivity index (χ2v) is 6.36. The summed E-state index contributed by atoms with van der Waals surface area (Å²) < 4.78 is 4.89. The Morgan fingerprint density at radius 2 is 2.04 bits per heavy atom. The van der Waals surface area contributed by atoms with E-state index in [-0.39, 0.29) is 12.2 Å². The van der Waals surface area contributed by atoms with Crippen molar-refractivity contribution in [2.24, 2.45) is 5.92 Å². The summed E-state index contributed by atoms with van der Waals surface area (Å²) in [6, 6.07) is -1.44. The monoisotopic (exact) mass is 345 g/mol. The molecule has 11 heteroatoms. The maximum Gasteiger partial charge on any atom is 0.335 e. The number of thioether (sulfide) groups is 1. The first-order valence-electron chi connectivity index (χ1n) is 6.70. The van der Waals surface area contributed by atoms with E-state index in [0.29, 0.717) is 4.91 Å². The number of rotatable bonds is 4. The Hall–Kier alpha value is -2.30. The highest BCUT2D eigenvalue weighted by Crippen LogP contribution is 2.49. The van der Waals surface area contributed by atoms with E-state index in [0.717, 1.165) is 16.7 Å². The average molecular weight is 345 g/mol. The quantitative estimate of drug-likeness (QED) is 0.451. The zero-order valence-corrected chi connectivity index (χ0v) is 13.4. The minimum atomic E-state index is -1.46. The number of fused-ring (bicyclic) bond motifs is 2. The zero-order chi connectivity index (χ0) is 17.5. The van der Waals surface area contributed by atoms with Crippen molar-refractivity contribution in [1.82, 2.24) is 4.90 Å². The molecule has 0 aromatic heterocycles. The molecule has 0 aromatic carbocycles. The Morgan fingerprint density at radius 3 is 2.52 bits per heavy atom. The molecule has 0 fully saturated rings. The van der Waals surface area contributed by atoms with Gasteiger partial charge < -0.3 is 14.7 Å². The van der Waals surface area contributed by atoms with Crippen molar-refractivity contribution in [2.45, 2.75) is 25.3 Å². The largest absolute Gasteiger partial charge is 0.490 e. The summed E-state index contributed by atoms with van der Waals surface area (Å²) in [6.07, 6.45) is 0. The zero-order valence-electron chi connectivity index (χ0n) is 12.6. The van der Waals surface area contributed by atoms with Gasteiger partial charge in [0.2, 0.25) is 0 Å². The third kappa shape index (κ3) is 2.60. The van der Waals surface area contributed by atoms with Crippen LogP contribution in [0.25, 0.3) is 0 Å². The van der Waals surface area contributed by atoms with Crippen LogP contribution in [0.3, 0.4) is 0 Å². The molecule has 0 spiro atoms. The van der Waals surface area contributed by atoms with Crippen LogP contribution in [0.15, 0.2) is 22.1 Å². The highest BCUT2D eigenvalue weighted by atomic mass is 32.2. The van der Waals surface area contributed by atoms with Crippen molar-refractivity contribution < 1.29 is 24.5 Å². The lowest BCUT2D eigenvalue weighted by atomic mass is 9.84. The number of aliphatic hydroxyl groups is 1. The molecule has 0 aromatic rings. The van der Waals surface area contributed by atoms with Crippen molar-refractivity contribution in [1.29, 1.82) is 0 Å². The van der Waals surface area contributed by atoms with Crippen molar-refractivity contribution in [2.75, 3.05) is 13.7 Å². The average Bonchev–Trinajstić information content (AvgIpc) is 2.44. The molecule has 1 N–H and O–H groups in total. The van der Waals surface area contributed by atoms with Crippen LogP contribution >= 0.6 is 11.8 Å². The van der Waals surface area contributed by atoms with E-state index in [1.807, 2.05) is 0 Å². The summed E-state index contributed by atoms with van der Waals surface area (Å²) in [5, 5.41) is 32.1. The van der Waals surface area contributed by atoms with E-state index < -0.39 is 44.7 Å². The normalized spacial score (nSPS) is 27.1. The fraction of sp³-hybridized carbons (Fsp3) is 0.583. The van der Waals surface area contributed by atoms with Gasteiger partial charge in [0.1, 0.15) is 0 Å². The number of carbonyl (C=O) groups is 1. The predicted octanol–water partition coefficient (Wildman–Crippen LogP) is 1.11. The van der Waals surface area contributed by atoms with Crippen LogP contribution in [0.5, 0.6) is 0 Å². The third-order valence-corrected chi connectivity index (χ3v) is 5.21. The Labute approximate surface area is 135 Å². The number of allylic oxidation sites excluding steroid dienone is 1. The van der Waals surface area contributed by atoms with Crippen molar-refractivity contribution >= 4 is 17.7 Å². The molecule has 2 rings (SSSR count). The first kappa shape index (κ1) is 17.1. The SMILES string of the molecule is CCOC(=O)C1=C(C)S[C@H]2[C@@H]([N+](=O)[O-])[C@H]1C([N+](=O)[O-])=C(O)N2C. The summed E-state index contributed by atoms with van der Waals surface area (Å²) in [7, 11) is 1.34. The Kier molecular flexibility index (Phi) is 4.50. The first-order valence-corrected chi connectivity index (χ1v) is 7.58. The number of nitro groups is 2. The van der Waals surface area contributed by atoms with E-state index >= 15 is 0 Å². The Balaban J connectivity index is 2.70. The van der Waals surface area contributed by atoms with Gasteiger partial charge in [-0.3, -0.25) is 20.2 Å². The van der Waals surface area contributed by atoms with Crippen LogP contribution in [-0.2, 0) is 9.53 Å². The third-order valence-electron chi connectivity index (χ3n) is 3.80. The van der Waals surface area contributed by atoms with Gasteiger partial charge in [-0.05, 0) is 18.8 Å². The van der Waals surface area contributed by atoms with E-state index in [4.69, 9.17) is 4.74 Å². The molecule has 0 amide bonds. The summed E-state index contributed by atoms with van der Waals surface area (Å²) >= 11 is 1.01. The summed E-state index contributed by atoms with van der Waals surface area (Å²) in [5.41, 5.74) is -0.894. The second kappa shape index (κ2) is 6.07. The van der Waals surface area contributed by atoms with Crippen LogP contribution in [0.2, 0.25) is 0 Å². The fourth-order valence-electron chi connectivity index (χ4n) is 2.82. The number of likely N-dealkylation sites (N-methyl/N-ethyl adjacent to an activating group) is 1. The number of carbonyl (C=O) groups excluding carboxylic acids is 1. The van der Waals surface area contributed by atoms with Gasteiger partial charge in [0.05, 0.1) is 17.1 Å². The lowest BCUT2D eigenvalue weighted by Gasteiger charge is -2.40. The molecule has 2 aliphatic rings. The number of hydrogen-bond acceptors (Lipinski definition) is 9. The smallest absolute Gasteiger partial charge is 0.335 e. The molecular formula is C12H15N3O7S. The minimum absolute atomic E-state index is 0.0307. The number of hydrogen-bond donors (Lipinski definition) is 1. The number of aliphatic hydroxyl groups excluding tert-OH is 1. The van der Waals surface area contributed by atoms with Gasteiger partial charge >= 0.3 is 11.7 Å². The molecule has 2 heterocycles. The Morgan fingerprint density at radius 1 is 1.43 bits per heavy atom. The Bertz CT molecular complexity index is 645. The molecule has 126 valence electrons. The van der Waals surface area contributed by atoms with Crippen LogP contribution in [-0.4, -0.2) is 50.9 Å². The van der Waals surface area contributed by atoms with Crippen LogP contribution < -0.4 is 0 Å². The van der Waals surface area contributed by atoms with Crippen molar-refractivity contribution in [3.63, 3.8) is 0 Å². The standard InChI is InChI=1S/C12H15N3O7S/c1-4-22-12(17)6-5(2)23-11-9(15(20)21)7(6)8(14(18)19)10(16)13(11)3/h7,9,11,16H,4H2,1-3H3/t7-,9+,11+/m1/s1. The molecule has 2 aliphatic heterocycles. The topological polar surface area (TPSA) is 136 Å². The first-order chi connectivity index (χ1) is 10.7. The predicted molar refractivity (Wildman–Crippen MR) is 79.4 cm³/mol. The van der Waals surface area contributed by atoms with Gasteiger partial charge in [-0.1, -0.05) is 11.8 Å². The molecule has 0 aliphatic carbocycles. The lowest BCUT2D eigenvalue weighted by molar-refractivity contribution is -0.545. The van der Waals surface area contributed by atoms with E-state index in [9.17, 15) is 30.1 Å². The molecule has 0 saturated heterocycles. The van der Waals surface area contributed by atoms with Gasteiger partial charge in [0, 0.05) is 12.0 Å². The summed E-state index contributed by atoms with van der Waals surface area (Å²) in [6.45, 7) is 3.15. The van der Waals surface area contributed by atoms with Gasteiger partial charge in [-0.2, -0.15) is 0 Å². The van der Waals surface area contributed by atoms with E-state index in [2.05, 4.69) is 0 Å². The maximum atomic E-state index is 12.2. The highest BCUT2D eigenvalue weighted by molar-refractivity contribution is 8.03. The molecule has 2 bridgehead atoms. The van der Waals surface area contributed by atoms with Crippen LogP contribution in [0.1, 0.15) is 13.8 Å². The van der Waals surface area contributed by atoms with E-state index in [1.165, 1.54) is 7.05 Å². The fourth-order valence-corrected chi connectivity index (χ4v) is 4.17. The molecule has 10 nitrogen and oxygen atoms in total. The van der Waals surface area contributed by atoms with Crippen LogP contribution in [0.4, 0.5) is 0 Å². The highest BCUT2D eigenvalue weighted by Gasteiger charge is 2.60. The maximum absolute atomic E-state index is 12.2. The molecule has 3 atom stereocenters. The summed E-state index contributed by atoms with van der Waals surface area (Å²) in [4.78, 5) is 35.0. The van der Waals surface area contributed by atoms with Gasteiger partial charge in [0.15, 0.2) is 11.3 Å². The molecule has 23 heavy (non-hydrogen) atoms. The van der Waals surface area contributed by atoms with E-state index in [1.54, 1.807) is 13.8 Å². The van der Waals surface area contributed by atoms with Crippen molar-refractivity contribution in [3.05, 3.63) is 42.3 Å². The summed E-state index contributed by atoms with van der Waals surface area (Å²) in [5.74, 6) is -2.98. The number of esters is 1. The second-order valence-electron chi connectivity index (χ2n) is 5.03. The molecule has 0 saturated carbocycles. The van der Waals surface area contributed by atoms with Gasteiger partial charge in [-0.15, -0.1) is 0 Å². The lowest BCUT2D eigenvalue weighted by Crippen LogP contribution is -2.56. The molecule has 0 radical (unpaired) electrons. The van der Waals surface area contributed by atoms with Gasteiger partial charge in [0.25, 0.3) is 11.9 Å². The number of ether oxygens (including phenoxy) is 1. The minimum Gasteiger partial charge on any atom is -0.490 e. The molecular weight excluding hydrogens is 330 g/mol.